The molecule has 118 valence electrons. The number of likely N-dealkylation sites (N-methyl/N-ethyl adjacent to an activating group) is 1. The lowest BCUT2D eigenvalue weighted by molar-refractivity contribution is -0.128. The van der Waals surface area contributed by atoms with E-state index in [1.54, 1.807) is 0 Å². The summed E-state index contributed by atoms with van der Waals surface area (Å²) >= 11 is 0. The highest BCUT2D eigenvalue weighted by Gasteiger charge is 2.44. The second kappa shape index (κ2) is 6.73. The van der Waals surface area contributed by atoms with E-state index in [1.165, 1.54) is 12.8 Å². The third-order valence-electron chi connectivity index (χ3n) is 5.45. The molecule has 3 atom stereocenters. The molecule has 4 nitrogen and oxygen atoms in total. The highest BCUT2D eigenvalue weighted by atomic mass is 16.5. The van der Waals surface area contributed by atoms with Gasteiger partial charge in [-0.25, -0.2) is 0 Å². The minimum Gasteiger partial charge on any atom is -0.381 e. The lowest BCUT2D eigenvalue weighted by atomic mass is 9.77. The number of hydrogen-bond donors (Lipinski definition) is 1. The van der Waals surface area contributed by atoms with Crippen molar-refractivity contribution in [1.29, 1.82) is 0 Å². The molecule has 2 aliphatic heterocycles. The first-order chi connectivity index (χ1) is 9.53. The second-order valence-corrected chi connectivity index (χ2v) is 6.97. The molecule has 2 N–H and O–H groups in total. The molecule has 0 aromatic rings. The van der Waals surface area contributed by atoms with Crippen molar-refractivity contribution < 1.29 is 9.47 Å². The maximum absolute atomic E-state index is 6.19. The number of rotatable bonds is 5. The van der Waals surface area contributed by atoms with Gasteiger partial charge < -0.3 is 15.2 Å². The summed E-state index contributed by atoms with van der Waals surface area (Å²) in [4.78, 5) is 2.50. The zero-order valence-electron chi connectivity index (χ0n) is 13.5. The average Bonchev–Trinajstić information content (AvgIpc) is 2.48. The molecular formula is C16H32N2O2. The molecule has 0 bridgehead atoms. The van der Waals surface area contributed by atoms with Crippen LogP contribution in [0.2, 0.25) is 0 Å². The van der Waals surface area contributed by atoms with E-state index in [0.29, 0.717) is 5.92 Å². The Bertz CT molecular complexity index is 307. The van der Waals surface area contributed by atoms with Crippen LogP contribution in [-0.4, -0.2) is 56.0 Å². The van der Waals surface area contributed by atoms with Crippen LogP contribution in [0.25, 0.3) is 0 Å². The molecule has 20 heavy (non-hydrogen) atoms. The van der Waals surface area contributed by atoms with Crippen LogP contribution >= 0.6 is 0 Å². The van der Waals surface area contributed by atoms with Crippen molar-refractivity contribution in [3.8, 4) is 0 Å². The van der Waals surface area contributed by atoms with E-state index in [4.69, 9.17) is 15.2 Å². The Balaban J connectivity index is 2.01. The predicted molar refractivity (Wildman–Crippen MR) is 81.8 cm³/mol. The normalized spacial score (nSPS) is 39.1. The van der Waals surface area contributed by atoms with Crippen LogP contribution in [0, 0.1) is 5.92 Å². The average molecular weight is 284 g/mol. The standard InChI is InChI=1S/C16H32N2O2/c1-4-15(2)12-16(13-17,7-9-20-15)18(3)10-14-6-5-8-19-11-14/h14H,4-13,17H2,1-3H3. The van der Waals surface area contributed by atoms with Gasteiger partial charge in [-0.2, -0.15) is 0 Å². The highest BCUT2D eigenvalue weighted by molar-refractivity contribution is 5.00. The van der Waals surface area contributed by atoms with Crippen molar-refractivity contribution >= 4 is 0 Å². The first kappa shape index (κ1) is 16.2. The molecule has 4 heteroatoms. The van der Waals surface area contributed by atoms with Gasteiger partial charge in [0.15, 0.2) is 0 Å². The van der Waals surface area contributed by atoms with Gasteiger partial charge in [0.25, 0.3) is 0 Å². The molecular weight excluding hydrogens is 252 g/mol. The van der Waals surface area contributed by atoms with Gasteiger partial charge >= 0.3 is 0 Å². The Morgan fingerprint density at radius 1 is 1.35 bits per heavy atom. The van der Waals surface area contributed by atoms with Crippen LogP contribution in [0.4, 0.5) is 0 Å². The van der Waals surface area contributed by atoms with E-state index in [0.717, 1.165) is 52.2 Å². The molecule has 0 aromatic heterocycles. The van der Waals surface area contributed by atoms with Gasteiger partial charge in [-0.1, -0.05) is 6.92 Å². The molecule has 0 amide bonds. The number of ether oxygens (including phenoxy) is 2. The van der Waals surface area contributed by atoms with Gasteiger partial charge in [0.05, 0.1) is 12.2 Å². The summed E-state index contributed by atoms with van der Waals surface area (Å²) in [5, 5.41) is 0. The minimum atomic E-state index is -0.0189. The van der Waals surface area contributed by atoms with Crippen molar-refractivity contribution in [3.05, 3.63) is 0 Å². The van der Waals surface area contributed by atoms with E-state index < -0.39 is 0 Å². The predicted octanol–water partition coefficient (Wildman–Crippen LogP) is 2.02. The third kappa shape index (κ3) is 3.53. The van der Waals surface area contributed by atoms with Crippen molar-refractivity contribution in [1.82, 2.24) is 4.90 Å². The van der Waals surface area contributed by atoms with Gasteiger partial charge in [0.2, 0.25) is 0 Å². The summed E-state index contributed by atoms with van der Waals surface area (Å²) in [5.74, 6) is 0.660. The summed E-state index contributed by atoms with van der Waals surface area (Å²) in [6, 6.07) is 0. The Morgan fingerprint density at radius 2 is 2.15 bits per heavy atom. The Morgan fingerprint density at radius 3 is 2.75 bits per heavy atom. The Labute approximate surface area is 124 Å². The van der Waals surface area contributed by atoms with Crippen LogP contribution in [0.1, 0.15) is 46.0 Å². The molecule has 0 aromatic carbocycles. The van der Waals surface area contributed by atoms with Gasteiger partial charge in [0, 0.05) is 31.8 Å². The molecule has 0 radical (unpaired) electrons. The van der Waals surface area contributed by atoms with Crippen molar-refractivity contribution in [2.24, 2.45) is 11.7 Å². The fourth-order valence-corrected chi connectivity index (χ4v) is 3.74. The van der Waals surface area contributed by atoms with Gasteiger partial charge in [-0.3, -0.25) is 4.90 Å². The fraction of sp³-hybridized carbons (Fsp3) is 1.00. The minimum absolute atomic E-state index is 0.0189. The molecule has 3 unspecified atom stereocenters. The van der Waals surface area contributed by atoms with Crippen LogP contribution in [0.3, 0.4) is 0 Å². The van der Waals surface area contributed by atoms with Crippen molar-refractivity contribution in [2.45, 2.75) is 57.1 Å². The largest absolute Gasteiger partial charge is 0.381 e. The number of nitrogens with two attached hydrogens (primary N) is 1. The number of hydrogen-bond acceptors (Lipinski definition) is 4. The maximum atomic E-state index is 6.19. The lowest BCUT2D eigenvalue weighted by Gasteiger charge is -2.51. The monoisotopic (exact) mass is 284 g/mol. The molecule has 2 rings (SSSR count). The van der Waals surface area contributed by atoms with E-state index >= 15 is 0 Å². The van der Waals surface area contributed by atoms with Crippen LogP contribution in [0.5, 0.6) is 0 Å². The quantitative estimate of drug-likeness (QED) is 0.839. The Hall–Kier alpha value is -0.160. The summed E-state index contributed by atoms with van der Waals surface area (Å²) in [7, 11) is 2.24. The summed E-state index contributed by atoms with van der Waals surface area (Å²) < 4.78 is 11.6. The first-order valence-corrected chi connectivity index (χ1v) is 8.17. The highest BCUT2D eigenvalue weighted by Crippen LogP contribution is 2.37. The smallest absolute Gasteiger partial charge is 0.0670 e. The summed E-state index contributed by atoms with van der Waals surface area (Å²) in [6.07, 6.45) is 5.62. The van der Waals surface area contributed by atoms with Crippen LogP contribution in [0.15, 0.2) is 0 Å². The SMILES string of the molecule is CCC1(C)CC(CN)(N(C)CC2CCCOC2)CCO1. The molecule has 2 fully saturated rings. The van der Waals surface area contributed by atoms with E-state index in [1.807, 2.05) is 0 Å². The summed E-state index contributed by atoms with van der Waals surface area (Å²) in [5.41, 5.74) is 6.27. The molecule has 0 saturated carbocycles. The van der Waals surface area contributed by atoms with E-state index in [2.05, 4.69) is 25.8 Å². The molecule has 0 aliphatic carbocycles. The van der Waals surface area contributed by atoms with E-state index in [-0.39, 0.29) is 11.1 Å². The molecule has 2 aliphatic rings. The van der Waals surface area contributed by atoms with Crippen LogP contribution in [-0.2, 0) is 9.47 Å². The second-order valence-electron chi connectivity index (χ2n) is 6.97. The topological polar surface area (TPSA) is 47.7 Å². The fourth-order valence-electron chi connectivity index (χ4n) is 3.74. The third-order valence-corrected chi connectivity index (χ3v) is 5.45. The first-order valence-electron chi connectivity index (χ1n) is 8.17. The van der Waals surface area contributed by atoms with Gasteiger partial charge in [-0.05, 0) is 52.0 Å². The van der Waals surface area contributed by atoms with Crippen molar-refractivity contribution in [3.63, 3.8) is 0 Å². The lowest BCUT2D eigenvalue weighted by Crippen LogP contribution is -2.60. The van der Waals surface area contributed by atoms with E-state index in [9.17, 15) is 0 Å². The van der Waals surface area contributed by atoms with Crippen LogP contribution < -0.4 is 5.73 Å². The zero-order chi connectivity index (χ0) is 14.6. The molecule has 0 spiro atoms. The molecule has 2 saturated heterocycles. The number of nitrogens with zero attached hydrogens (tertiary/aromatic N) is 1. The zero-order valence-corrected chi connectivity index (χ0v) is 13.5. The van der Waals surface area contributed by atoms with Gasteiger partial charge in [0.1, 0.15) is 0 Å². The van der Waals surface area contributed by atoms with Crippen molar-refractivity contribution in [2.75, 3.05) is 40.0 Å². The molecule has 2 heterocycles. The maximum Gasteiger partial charge on any atom is 0.0670 e. The summed E-state index contributed by atoms with van der Waals surface area (Å²) in [6.45, 7) is 8.92. The van der Waals surface area contributed by atoms with Gasteiger partial charge in [-0.15, -0.1) is 0 Å². The Kier molecular flexibility index (Phi) is 5.46.